The van der Waals surface area contributed by atoms with Gasteiger partial charge in [-0.3, -0.25) is 4.79 Å². The predicted octanol–water partition coefficient (Wildman–Crippen LogP) is 3.01. The lowest BCUT2D eigenvalue weighted by Gasteiger charge is -2.18. The minimum absolute atomic E-state index is 0.0860. The summed E-state index contributed by atoms with van der Waals surface area (Å²) in [6.07, 6.45) is 4.06. The number of hydrogen-bond acceptors (Lipinski definition) is 2. The van der Waals surface area contributed by atoms with Gasteiger partial charge in [-0.25, -0.2) is 4.68 Å². The first-order valence-corrected chi connectivity index (χ1v) is 11.4. The van der Waals surface area contributed by atoms with Crippen LogP contribution in [0.25, 0.3) is 17.1 Å². The fourth-order valence-corrected chi connectivity index (χ4v) is 3.98. The minimum Gasteiger partial charge on any atom is -0.349 e. The van der Waals surface area contributed by atoms with Gasteiger partial charge in [0.15, 0.2) is 0 Å². The minimum atomic E-state index is -0.0860. The Balaban J connectivity index is 1.81. The number of benzene rings is 1. The van der Waals surface area contributed by atoms with Gasteiger partial charge in [-0.1, -0.05) is 12.1 Å². The molecule has 2 heterocycles. The second-order valence-corrected chi connectivity index (χ2v) is 8.39. The molecule has 0 radical (unpaired) electrons. The lowest BCUT2D eigenvalue weighted by Crippen LogP contribution is -3.11. The van der Waals surface area contributed by atoms with Gasteiger partial charge in [-0.05, 0) is 76.4 Å². The summed E-state index contributed by atoms with van der Waals surface area (Å²) in [4.78, 5) is 14.8. The van der Waals surface area contributed by atoms with Gasteiger partial charge in [-0.2, -0.15) is 5.10 Å². The Bertz CT molecular complexity index is 999. The normalized spacial score (nSPS) is 12.3. The molecule has 1 amide bonds. The van der Waals surface area contributed by atoms with Crippen molar-refractivity contribution in [1.29, 1.82) is 0 Å². The Morgan fingerprint density at radius 1 is 1.16 bits per heavy atom. The van der Waals surface area contributed by atoms with Crippen LogP contribution in [0.15, 0.2) is 48.7 Å². The third-order valence-corrected chi connectivity index (χ3v) is 5.94. The van der Waals surface area contributed by atoms with Crippen molar-refractivity contribution >= 4 is 5.91 Å². The van der Waals surface area contributed by atoms with E-state index in [-0.39, 0.29) is 11.9 Å². The molecule has 1 atom stereocenters. The summed E-state index contributed by atoms with van der Waals surface area (Å²) in [6.45, 7) is 12.0. The molecule has 166 valence electrons. The Morgan fingerprint density at radius 2 is 1.94 bits per heavy atom. The maximum absolute atomic E-state index is 13.2. The monoisotopic (exact) mass is 422 g/mol. The number of aryl methyl sites for hydroxylation is 2. The molecular formula is C25H36N5O+. The molecule has 2 aromatic heterocycles. The van der Waals surface area contributed by atoms with Crippen molar-refractivity contribution in [2.24, 2.45) is 7.05 Å². The molecule has 1 aromatic carbocycles. The van der Waals surface area contributed by atoms with Gasteiger partial charge in [-0.15, -0.1) is 0 Å². The van der Waals surface area contributed by atoms with Crippen LogP contribution in [-0.4, -0.2) is 45.9 Å². The molecule has 0 unspecified atom stereocenters. The van der Waals surface area contributed by atoms with Crippen molar-refractivity contribution in [2.45, 2.75) is 46.6 Å². The second-order valence-electron chi connectivity index (χ2n) is 8.39. The lowest BCUT2D eigenvalue weighted by atomic mass is 10.1. The van der Waals surface area contributed by atoms with Crippen molar-refractivity contribution in [3.63, 3.8) is 0 Å². The van der Waals surface area contributed by atoms with E-state index in [1.807, 2.05) is 61.1 Å². The van der Waals surface area contributed by atoms with E-state index in [1.165, 1.54) is 0 Å². The average molecular weight is 423 g/mol. The Hall–Kier alpha value is -2.86. The zero-order valence-corrected chi connectivity index (χ0v) is 19.5. The number of nitrogens with zero attached hydrogens (tertiary/aromatic N) is 3. The molecule has 3 rings (SSSR count). The van der Waals surface area contributed by atoms with Crippen LogP contribution >= 0.6 is 0 Å². The number of carbonyl (C=O) groups is 1. The van der Waals surface area contributed by atoms with Gasteiger partial charge < -0.3 is 14.8 Å². The largest absolute Gasteiger partial charge is 0.349 e. The molecule has 31 heavy (non-hydrogen) atoms. The van der Waals surface area contributed by atoms with E-state index in [9.17, 15) is 4.79 Å². The maximum Gasteiger partial charge on any atom is 0.270 e. The number of quaternary nitrogens is 1. The summed E-state index contributed by atoms with van der Waals surface area (Å²) in [5, 5.41) is 7.98. The Morgan fingerprint density at radius 3 is 2.58 bits per heavy atom. The highest BCUT2D eigenvalue weighted by Crippen LogP contribution is 2.22. The molecule has 0 aliphatic carbocycles. The smallest absolute Gasteiger partial charge is 0.270 e. The van der Waals surface area contributed by atoms with Gasteiger partial charge >= 0.3 is 0 Å². The van der Waals surface area contributed by atoms with E-state index >= 15 is 0 Å². The standard InChI is InChI=1S/C25H35N5O/c1-6-29(7-2)16-9-12-20(4)26-25(31)24-18-22(23-14-10-15-28(23)5)27-30(24)21-13-8-11-19(3)17-21/h8,10-11,13-15,17-18,20H,6-7,9,12,16H2,1-5H3,(H,26,31)/p+1/t20-/m1/s1. The first kappa shape index (κ1) is 22.8. The van der Waals surface area contributed by atoms with Crippen LogP contribution in [0, 0.1) is 6.92 Å². The van der Waals surface area contributed by atoms with Crippen molar-refractivity contribution < 1.29 is 9.69 Å². The fourth-order valence-electron chi connectivity index (χ4n) is 3.98. The van der Waals surface area contributed by atoms with Crippen LogP contribution in [-0.2, 0) is 7.05 Å². The molecule has 0 aliphatic heterocycles. The molecule has 2 N–H and O–H groups in total. The number of rotatable bonds is 10. The number of hydrogen-bond donors (Lipinski definition) is 2. The molecule has 0 saturated carbocycles. The summed E-state index contributed by atoms with van der Waals surface area (Å²) in [7, 11) is 1.99. The highest BCUT2D eigenvalue weighted by Gasteiger charge is 2.20. The summed E-state index contributed by atoms with van der Waals surface area (Å²) in [5.41, 5.74) is 4.35. The topological polar surface area (TPSA) is 56.3 Å². The maximum atomic E-state index is 13.2. The van der Waals surface area contributed by atoms with Crippen LogP contribution in [0.4, 0.5) is 0 Å². The van der Waals surface area contributed by atoms with Crippen LogP contribution in [0.5, 0.6) is 0 Å². The van der Waals surface area contributed by atoms with Gasteiger partial charge in [0.1, 0.15) is 11.4 Å². The zero-order valence-electron chi connectivity index (χ0n) is 19.5. The summed E-state index contributed by atoms with van der Waals surface area (Å²) in [5.74, 6) is -0.0860. The van der Waals surface area contributed by atoms with E-state index in [2.05, 4.69) is 32.2 Å². The van der Waals surface area contributed by atoms with Crippen molar-refractivity contribution in [2.75, 3.05) is 19.6 Å². The highest BCUT2D eigenvalue weighted by atomic mass is 16.2. The van der Waals surface area contributed by atoms with Gasteiger partial charge in [0, 0.05) is 19.3 Å². The first-order valence-electron chi connectivity index (χ1n) is 11.4. The van der Waals surface area contributed by atoms with Gasteiger partial charge in [0.05, 0.1) is 31.0 Å². The Labute approximate surface area is 185 Å². The van der Waals surface area contributed by atoms with Gasteiger partial charge in [0.25, 0.3) is 5.91 Å². The van der Waals surface area contributed by atoms with Crippen molar-refractivity contribution in [3.8, 4) is 17.1 Å². The third-order valence-electron chi connectivity index (χ3n) is 5.94. The average Bonchev–Trinajstić information content (AvgIpc) is 3.37. The highest BCUT2D eigenvalue weighted by molar-refractivity contribution is 5.94. The lowest BCUT2D eigenvalue weighted by molar-refractivity contribution is -0.896. The number of nitrogens with one attached hydrogen (secondary N) is 2. The molecule has 0 saturated heterocycles. The molecule has 0 spiro atoms. The van der Waals surface area contributed by atoms with Crippen molar-refractivity contribution in [3.05, 3.63) is 59.9 Å². The van der Waals surface area contributed by atoms with Crippen molar-refractivity contribution in [1.82, 2.24) is 19.7 Å². The van der Waals surface area contributed by atoms with Crippen LogP contribution < -0.4 is 10.2 Å². The van der Waals surface area contributed by atoms with E-state index in [4.69, 9.17) is 5.10 Å². The Kier molecular flexibility index (Phi) is 7.69. The molecular weight excluding hydrogens is 386 g/mol. The van der Waals surface area contributed by atoms with Crippen LogP contribution in [0.2, 0.25) is 0 Å². The van der Waals surface area contributed by atoms with E-state index in [0.717, 1.165) is 55.1 Å². The zero-order chi connectivity index (χ0) is 22.4. The molecule has 0 fully saturated rings. The van der Waals surface area contributed by atoms with E-state index < -0.39 is 0 Å². The summed E-state index contributed by atoms with van der Waals surface area (Å²) < 4.78 is 3.78. The van der Waals surface area contributed by atoms with Gasteiger partial charge in [0.2, 0.25) is 0 Å². The SMILES string of the molecule is CC[NH+](CC)CCC[C@@H](C)NC(=O)c1cc(-c2cccn2C)nn1-c1cccc(C)c1. The van der Waals surface area contributed by atoms with E-state index in [1.54, 1.807) is 9.58 Å². The number of carbonyl (C=O) groups excluding carboxylic acids is 1. The summed E-state index contributed by atoms with van der Waals surface area (Å²) >= 11 is 0. The predicted molar refractivity (Wildman–Crippen MR) is 126 cm³/mol. The first-order chi connectivity index (χ1) is 14.9. The number of amides is 1. The quantitative estimate of drug-likeness (QED) is 0.528. The molecule has 3 aromatic rings. The fraction of sp³-hybridized carbons (Fsp3) is 0.440. The second kappa shape index (κ2) is 10.4. The third kappa shape index (κ3) is 5.64. The number of aromatic nitrogens is 3. The molecule has 6 nitrogen and oxygen atoms in total. The van der Waals surface area contributed by atoms with Crippen LogP contribution in [0.3, 0.4) is 0 Å². The summed E-state index contributed by atoms with van der Waals surface area (Å²) in [6, 6.07) is 14.1. The molecule has 0 aliphatic rings. The molecule has 6 heteroatoms. The van der Waals surface area contributed by atoms with E-state index in [0.29, 0.717) is 5.69 Å². The van der Waals surface area contributed by atoms with Crippen LogP contribution in [0.1, 0.15) is 49.7 Å². The molecule has 0 bridgehead atoms.